The van der Waals surface area contributed by atoms with Gasteiger partial charge in [0.1, 0.15) is 11.8 Å². The molecule has 0 spiro atoms. The molecule has 3 rings (SSSR count). The standard InChI is InChI=1S/C28H29Br2ClN2O3/c1-2-3-15-32-28(35)25(16-20-7-5-4-6-8-20)33(18-21-9-11-22(29)12-10-21)27(34)19-36-26-14-13-23(30)17-24(26)31/h4-14,17,25H,2-3,15-16,18-19H2,1H3,(H,32,35)/t25-/m0/s1. The van der Waals surface area contributed by atoms with E-state index in [4.69, 9.17) is 16.3 Å². The molecule has 0 saturated carbocycles. The molecule has 0 heterocycles. The smallest absolute Gasteiger partial charge is 0.261 e. The number of carbonyl (C=O) groups excluding carboxylic acids is 2. The van der Waals surface area contributed by atoms with Gasteiger partial charge < -0.3 is 15.0 Å². The summed E-state index contributed by atoms with van der Waals surface area (Å²) < 4.78 is 7.54. The van der Waals surface area contributed by atoms with Crippen LogP contribution in [0.15, 0.2) is 81.7 Å². The van der Waals surface area contributed by atoms with Crippen LogP contribution in [0.4, 0.5) is 0 Å². The summed E-state index contributed by atoms with van der Waals surface area (Å²) in [4.78, 5) is 28.6. The first-order valence-electron chi connectivity index (χ1n) is 11.8. The quantitative estimate of drug-likeness (QED) is 0.223. The van der Waals surface area contributed by atoms with Gasteiger partial charge in [-0.3, -0.25) is 9.59 Å². The lowest BCUT2D eigenvalue weighted by Crippen LogP contribution is -2.51. The molecule has 0 aliphatic carbocycles. The molecule has 0 fully saturated rings. The molecule has 190 valence electrons. The zero-order chi connectivity index (χ0) is 25.9. The summed E-state index contributed by atoms with van der Waals surface area (Å²) in [5.74, 6) is -0.0771. The molecule has 0 saturated heterocycles. The van der Waals surface area contributed by atoms with Crippen molar-refractivity contribution in [2.75, 3.05) is 13.2 Å². The highest BCUT2D eigenvalue weighted by molar-refractivity contribution is 9.10. The van der Waals surface area contributed by atoms with E-state index in [1.165, 1.54) is 0 Å². The maximum Gasteiger partial charge on any atom is 0.261 e. The topological polar surface area (TPSA) is 58.6 Å². The highest BCUT2D eigenvalue weighted by Crippen LogP contribution is 2.28. The summed E-state index contributed by atoms with van der Waals surface area (Å²) in [6, 6.07) is 21.9. The largest absolute Gasteiger partial charge is 0.482 e. The number of amides is 2. The van der Waals surface area contributed by atoms with Crippen LogP contribution in [-0.2, 0) is 22.6 Å². The lowest BCUT2D eigenvalue weighted by Gasteiger charge is -2.31. The van der Waals surface area contributed by atoms with E-state index in [1.54, 1.807) is 23.1 Å². The Bertz CT molecular complexity index is 1140. The predicted octanol–water partition coefficient (Wildman–Crippen LogP) is 6.80. The van der Waals surface area contributed by atoms with Crippen molar-refractivity contribution in [1.29, 1.82) is 0 Å². The number of rotatable bonds is 12. The molecular formula is C28H29Br2ClN2O3. The second-order valence-corrected chi connectivity index (χ2v) is 10.6. The van der Waals surface area contributed by atoms with Crippen molar-refractivity contribution in [3.05, 3.63) is 97.9 Å². The number of nitrogens with one attached hydrogen (secondary N) is 1. The molecule has 0 unspecified atom stereocenters. The van der Waals surface area contributed by atoms with Gasteiger partial charge in [0, 0.05) is 28.5 Å². The van der Waals surface area contributed by atoms with Crippen LogP contribution < -0.4 is 10.1 Å². The second-order valence-electron chi connectivity index (χ2n) is 8.36. The Kier molecular flexibility index (Phi) is 11.3. The Hall–Kier alpha value is -2.35. The normalized spacial score (nSPS) is 11.6. The Morgan fingerprint density at radius 1 is 0.972 bits per heavy atom. The SMILES string of the molecule is CCCCNC(=O)[C@H](Cc1ccccc1)N(Cc1ccc(Br)cc1)C(=O)COc1ccc(Br)cc1Cl. The number of halogens is 3. The van der Waals surface area contributed by atoms with Gasteiger partial charge in [-0.1, -0.05) is 99.3 Å². The van der Waals surface area contributed by atoms with Crippen molar-refractivity contribution < 1.29 is 14.3 Å². The summed E-state index contributed by atoms with van der Waals surface area (Å²) in [6.45, 7) is 2.65. The van der Waals surface area contributed by atoms with Crippen molar-refractivity contribution in [2.45, 2.75) is 38.8 Å². The van der Waals surface area contributed by atoms with E-state index in [0.29, 0.717) is 23.7 Å². The van der Waals surface area contributed by atoms with Crippen molar-refractivity contribution >= 4 is 55.3 Å². The molecule has 2 amide bonds. The van der Waals surface area contributed by atoms with Crippen molar-refractivity contribution in [3.8, 4) is 5.75 Å². The Labute approximate surface area is 234 Å². The molecule has 0 radical (unpaired) electrons. The molecule has 5 nitrogen and oxygen atoms in total. The average molecular weight is 637 g/mol. The number of benzene rings is 3. The van der Waals surface area contributed by atoms with E-state index in [0.717, 1.165) is 32.9 Å². The minimum Gasteiger partial charge on any atom is -0.482 e. The number of hydrogen-bond acceptors (Lipinski definition) is 3. The van der Waals surface area contributed by atoms with Crippen LogP contribution in [0.3, 0.4) is 0 Å². The summed E-state index contributed by atoms with van der Waals surface area (Å²) in [7, 11) is 0. The number of unbranched alkanes of at least 4 members (excludes halogenated alkanes) is 1. The Morgan fingerprint density at radius 2 is 1.67 bits per heavy atom. The highest BCUT2D eigenvalue weighted by atomic mass is 79.9. The molecule has 1 N–H and O–H groups in total. The summed E-state index contributed by atoms with van der Waals surface area (Å²) >= 11 is 13.1. The maximum atomic E-state index is 13.6. The van der Waals surface area contributed by atoms with Crippen LogP contribution >= 0.6 is 43.5 Å². The first-order chi connectivity index (χ1) is 17.4. The van der Waals surface area contributed by atoms with Gasteiger partial charge in [0.05, 0.1) is 5.02 Å². The lowest BCUT2D eigenvalue weighted by molar-refractivity contribution is -0.142. The van der Waals surface area contributed by atoms with Gasteiger partial charge in [-0.05, 0) is 47.9 Å². The van der Waals surface area contributed by atoms with Gasteiger partial charge in [0.25, 0.3) is 5.91 Å². The fourth-order valence-electron chi connectivity index (χ4n) is 3.66. The van der Waals surface area contributed by atoms with Gasteiger partial charge in [-0.15, -0.1) is 0 Å². The summed E-state index contributed by atoms with van der Waals surface area (Å²) in [5, 5.41) is 3.41. The monoisotopic (exact) mass is 634 g/mol. The van der Waals surface area contributed by atoms with E-state index in [9.17, 15) is 9.59 Å². The summed E-state index contributed by atoms with van der Waals surface area (Å²) in [5.41, 5.74) is 1.88. The average Bonchev–Trinajstić information content (AvgIpc) is 2.87. The molecule has 3 aromatic rings. The number of nitrogens with zero attached hydrogens (tertiary/aromatic N) is 1. The van der Waals surface area contributed by atoms with Gasteiger partial charge in [0.2, 0.25) is 5.91 Å². The third-order valence-electron chi connectivity index (χ3n) is 5.61. The molecular weight excluding hydrogens is 608 g/mol. The van der Waals surface area contributed by atoms with Crippen LogP contribution in [0.5, 0.6) is 5.75 Å². The van der Waals surface area contributed by atoms with Gasteiger partial charge in [-0.25, -0.2) is 0 Å². The molecule has 0 bridgehead atoms. The zero-order valence-electron chi connectivity index (χ0n) is 20.1. The van der Waals surface area contributed by atoms with Gasteiger partial charge in [0.15, 0.2) is 6.61 Å². The minimum absolute atomic E-state index is 0.181. The third kappa shape index (κ3) is 8.64. The van der Waals surface area contributed by atoms with E-state index < -0.39 is 6.04 Å². The van der Waals surface area contributed by atoms with E-state index in [1.807, 2.05) is 54.6 Å². The number of ether oxygens (including phenoxy) is 1. The van der Waals surface area contributed by atoms with Crippen LogP contribution in [-0.4, -0.2) is 35.9 Å². The first kappa shape index (κ1) is 28.2. The number of hydrogen-bond donors (Lipinski definition) is 1. The molecule has 0 aliphatic heterocycles. The Morgan fingerprint density at radius 3 is 2.33 bits per heavy atom. The molecule has 1 atom stereocenters. The van der Waals surface area contributed by atoms with Gasteiger partial charge >= 0.3 is 0 Å². The predicted molar refractivity (Wildman–Crippen MR) is 151 cm³/mol. The first-order valence-corrected chi connectivity index (χ1v) is 13.8. The fraction of sp³-hybridized carbons (Fsp3) is 0.286. The van der Waals surface area contributed by atoms with E-state index in [2.05, 4.69) is 44.1 Å². The number of carbonyl (C=O) groups is 2. The highest BCUT2D eigenvalue weighted by Gasteiger charge is 2.30. The van der Waals surface area contributed by atoms with Crippen LogP contribution in [0.1, 0.15) is 30.9 Å². The molecule has 36 heavy (non-hydrogen) atoms. The zero-order valence-corrected chi connectivity index (χ0v) is 24.0. The van der Waals surface area contributed by atoms with Crippen molar-refractivity contribution in [2.24, 2.45) is 0 Å². The Balaban J connectivity index is 1.88. The molecule has 0 aromatic heterocycles. The molecule has 3 aromatic carbocycles. The van der Waals surface area contributed by atoms with Crippen LogP contribution in [0, 0.1) is 0 Å². The summed E-state index contributed by atoms with van der Waals surface area (Å²) in [6.07, 6.45) is 2.22. The van der Waals surface area contributed by atoms with Crippen LogP contribution in [0.25, 0.3) is 0 Å². The minimum atomic E-state index is -0.704. The van der Waals surface area contributed by atoms with Crippen molar-refractivity contribution in [3.63, 3.8) is 0 Å². The van der Waals surface area contributed by atoms with E-state index in [-0.39, 0.29) is 25.0 Å². The van der Waals surface area contributed by atoms with Gasteiger partial charge in [-0.2, -0.15) is 0 Å². The molecule has 8 heteroatoms. The van der Waals surface area contributed by atoms with E-state index >= 15 is 0 Å². The fourth-order valence-corrected chi connectivity index (χ4v) is 4.65. The third-order valence-corrected chi connectivity index (χ3v) is 6.93. The van der Waals surface area contributed by atoms with Crippen molar-refractivity contribution in [1.82, 2.24) is 10.2 Å². The lowest BCUT2D eigenvalue weighted by atomic mass is 10.0. The second kappa shape index (κ2) is 14.4. The maximum absolute atomic E-state index is 13.6. The molecule has 0 aliphatic rings. The van der Waals surface area contributed by atoms with Crippen LogP contribution in [0.2, 0.25) is 5.02 Å².